The second kappa shape index (κ2) is 8.78. The first-order chi connectivity index (χ1) is 13.0. The van der Waals surface area contributed by atoms with E-state index in [1.165, 1.54) is 11.8 Å². The van der Waals surface area contributed by atoms with Crippen molar-refractivity contribution in [3.05, 3.63) is 64.1 Å². The van der Waals surface area contributed by atoms with Crippen LogP contribution in [0.5, 0.6) is 0 Å². The van der Waals surface area contributed by atoms with Crippen LogP contribution in [0.1, 0.15) is 12.0 Å². The number of nitrogens with zero attached hydrogens (tertiary/aromatic N) is 2. The molecule has 0 aliphatic carbocycles. The zero-order chi connectivity index (χ0) is 19.4. The Labute approximate surface area is 171 Å². The van der Waals surface area contributed by atoms with E-state index in [4.69, 9.17) is 23.2 Å². The highest BCUT2D eigenvalue weighted by molar-refractivity contribution is 8.15. The molecule has 1 N–H and O–H groups in total. The minimum atomic E-state index is -0.505. The molecule has 27 heavy (non-hydrogen) atoms. The highest BCUT2D eigenvalue weighted by Crippen LogP contribution is 2.30. The number of aliphatic imine (C=N–C) groups is 1. The standard InChI is InChI=1S/C19H17Cl2N3O2S/c1-22-18(26)16-10-17(25)24(11-12-2-4-13(20)5-3-12)19(27-16)23-15-8-6-14(21)7-9-15/h2-9,16H,10-11H2,1H3,(H,22,26). The molecule has 8 heteroatoms. The third kappa shape index (κ3) is 5.03. The molecule has 1 fully saturated rings. The molecule has 2 aromatic carbocycles. The maximum Gasteiger partial charge on any atom is 0.233 e. The van der Waals surface area contributed by atoms with Crippen molar-refractivity contribution >= 4 is 57.6 Å². The molecule has 1 heterocycles. The van der Waals surface area contributed by atoms with Gasteiger partial charge in [0, 0.05) is 23.5 Å². The average Bonchev–Trinajstić information content (AvgIpc) is 2.67. The molecule has 1 aliphatic heterocycles. The molecule has 1 atom stereocenters. The number of halogens is 2. The largest absolute Gasteiger partial charge is 0.358 e. The molecule has 0 saturated carbocycles. The van der Waals surface area contributed by atoms with Crippen molar-refractivity contribution < 1.29 is 9.59 Å². The Kier molecular flexibility index (Phi) is 6.42. The maximum atomic E-state index is 12.8. The van der Waals surface area contributed by atoms with E-state index in [2.05, 4.69) is 10.3 Å². The fraction of sp³-hybridized carbons (Fsp3) is 0.211. The monoisotopic (exact) mass is 421 g/mol. The quantitative estimate of drug-likeness (QED) is 0.801. The van der Waals surface area contributed by atoms with Crippen molar-refractivity contribution in [3.8, 4) is 0 Å². The zero-order valence-corrected chi connectivity index (χ0v) is 16.8. The Morgan fingerprint density at radius 3 is 2.33 bits per heavy atom. The van der Waals surface area contributed by atoms with E-state index in [0.29, 0.717) is 27.4 Å². The molecule has 5 nitrogen and oxygen atoms in total. The number of carbonyl (C=O) groups is 2. The summed E-state index contributed by atoms with van der Waals surface area (Å²) in [6.07, 6.45) is 0.123. The minimum absolute atomic E-state index is 0.123. The van der Waals surface area contributed by atoms with E-state index in [9.17, 15) is 9.59 Å². The van der Waals surface area contributed by atoms with Gasteiger partial charge in [-0.2, -0.15) is 0 Å². The predicted octanol–water partition coefficient (Wildman–Crippen LogP) is 4.26. The lowest BCUT2D eigenvalue weighted by Gasteiger charge is -2.31. The van der Waals surface area contributed by atoms with E-state index in [0.717, 1.165) is 5.56 Å². The van der Waals surface area contributed by atoms with E-state index in [-0.39, 0.29) is 18.2 Å². The van der Waals surface area contributed by atoms with Gasteiger partial charge in [-0.05, 0) is 42.0 Å². The summed E-state index contributed by atoms with van der Waals surface area (Å²) >= 11 is 13.1. The normalized spacial score (nSPS) is 18.6. The Morgan fingerprint density at radius 2 is 1.74 bits per heavy atom. The van der Waals surface area contributed by atoms with Gasteiger partial charge in [-0.25, -0.2) is 4.99 Å². The molecule has 140 valence electrons. The lowest BCUT2D eigenvalue weighted by atomic mass is 10.2. The molecule has 3 rings (SSSR count). The minimum Gasteiger partial charge on any atom is -0.358 e. The van der Waals surface area contributed by atoms with Gasteiger partial charge in [0.05, 0.1) is 17.5 Å². The molecule has 0 aromatic heterocycles. The van der Waals surface area contributed by atoms with E-state index >= 15 is 0 Å². The first-order valence-electron chi connectivity index (χ1n) is 8.23. The second-order valence-corrected chi connectivity index (χ2v) is 7.94. The number of thioether (sulfide) groups is 1. The average molecular weight is 422 g/mol. The summed E-state index contributed by atoms with van der Waals surface area (Å²) in [5, 5.41) is 3.82. The van der Waals surface area contributed by atoms with Crippen LogP contribution in [0.3, 0.4) is 0 Å². The summed E-state index contributed by atoms with van der Waals surface area (Å²) in [5.41, 5.74) is 1.59. The first kappa shape index (κ1) is 19.7. The molecule has 1 saturated heterocycles. The number of carbonyl (C=O) groups excluding carboxylic acids is 2. The van der Waals surface area contributed by atoms with Crippen molar-refractivity contribution in [2.24, 2.45) is 4.99 Å². The van der Waals surface area contributed by atoms with Gasteiger partial charge in [0.25, 0.3) is 0 Å². The Morgan fingerprint density at radius 1 is 1.15 bits per heavy atom. The van der Waals surface area contributed by atoms with Crippen molar-refractivity contribution in [1.82, 2.24) is 10.2 Å². The van der Waals surface area contributed by atoms with E-state index < -0.39 is 5.25 Å². The Bertz CT molecular complexity index is 870. The van der Waals surface area contributed by atoms with E-state index in [1.54, 1.807) is 48.3 Å². The fourth-order valence-corrected chi connectivity index (χ4v) is 3.97. The van der Waals surface area contributed by atoms with Crippen molar-refractivity contribution in [1.29, 1.82) is 0 Å². The topological polar surface area (TPSA) is 61.8 Å². The number of hydrogen-bond donors (Lipinski definition) is 1. The second-order valence-electron chi connectivity index (χ2n) is 5.90. The molecule has 2 amide bonds. The molecule has 0 radical (unpaired) electrons. The highest BCUT2D eigenvalue weighted by atomic mass is 35.5. The fourth-order valence-electron chi connectivity index (χ4n) is 2.56. The summed E-state index contributed by atoms with van der Waals surface area (Å²) in [6, 6.07) is 14.3. The summed E-state index contributed by atoms with van der Waals surface area (Å²) in [4.78, 5) is 31.0. The number of rotatable bonds is 4. The van der Waals surface area contributed by atoms with Crippen LogP contribution in [0.4, 0.5) is 5.69 Å². The first-order valence-corrected chi connectivity index (χ1v) is 9.87. The van der Waals surface area contributed by atoms with Crippen LogP contribution in [0.25, 0.3) is 0 Å². The van der Waals surface area contributed by atoms with Crippen LogP contribution in [0, 0.1) is 0 Å². The van der Waals surface area contributed by atoms with Crippen LogP contribution in [-0.4, -0.2) is 34.2 Å². The summed E-state index contributed by atoms with van der Waals surface area (Å²) in [7, 11) is 1.56. The van der Waals surface area contributed by atoms with Gasteiger partial charge in [0.15, 0.2) is 5.17 Å². The third-order valence-corrected chi connectivity index (χ3v) is 5.68. The highest BCUT2D eigenvalue weighted by Gasteiger charge is 2.35. The van der Waals surface area contributed by atoms with Gasteiger partial charge in [-0.3, -0.25) is 14.5 Å². The van der Waals surface area contributed by atoms with Gasteiger partial charge in [0.1, 0.15) is 0 Å². The van der Waals surface area contributed by atoms with Gasteiger partial charge < -0.3 is 5.32 Å². The van der Waals surface area contributed by atoms with E-state index in [1.807, 2.05) is 12.1 Å². The van der Waals surface area contributed by atoms with Crippen molar-refractivity contribution in [3.63, 3.8) is 0 Å². The van der Waals surface area contributed by atoms with Crippen molar-refractivity contribution in [2.75, 3.05) is 7.05 Å². The van der Waals surface area contributed by atoms with Gasteiger partial charge in [-0.1, -0.05) is 47.1 Å². The lowest BCUT2D eigenvalue weighted by Crippen LogP contribution is -2.45. The number of amides is 2. The molecular weight excluding hydrogens is 405 g/mol. The zero-order valence-electron chi connectivity index (χ0n) is 14.5. The molecule has 1 aliphatic rings. The molecule has 0 spiro atoms. The van der Waals surface area contributed by atoms with Crippen LogP contribution in [-0.2, 0) is 16.1 Å². The lowest BCUT2D eigenvalue weighted by molar-refractivity contribution is -0.130. The number of hydrogen-bond acceptors (Lipinski definition) is 4. The molecule has 0 bridgehead atoms. The van der Waals surface area contributed by atoms with Crippen LogP contribution in [0.2, 0.25) is 10.0 Å². The Balaban J connectivity index is 1.92. The number of nitrogens with one attached hydrogen (secondary N) is 1. The van der Waals surface area contributed by atoms with Crippen LogP contribution >= 0.6 is 35.0 Å². The summed E-state index contributed by atoms with van der Waals surface area (Å²) < 4.78 is 0. The van der Waals surface area contributed by atoms with Crippen LogP contribution < -0.4 is 5.32 Å². The van der Waals surface area contributed by atoms with Crippen molar-refractivity contribution in [2.45, 2.75) is 18.2 Å². The smallest absolute Gasteiger partial charge is 0.233 e. The van der Waals surface area contributed by atoms with Gasteiger partial charge in [-0.15, -0.1) is 0 Å². The summed E-state index contributed by atoms with van der Waals surface area (Å²) in [6.45, 7) is 0.357. The predicted molar refractivity (Wildman–Crippen MR) is 111 cm³/mol. The number of benzene rings is 2. The maximum absolute atomic E-state index is 12.8. The SMILES string of the molecule is CNC(=O)C1CC(=O)N(Cc2ccc(Cl)cc2)C(=Nc2ccc(Cl)cc2)S1. The molecular formula is C19H17Cl2N3O2S. The Hall–Kier alpha value is -2.02. The third-order valence-electron chi connectivity index (χ3n) is 3.98. The number of amidine groups is 1. The molecule has 2 aromatic rings. The van der Waals surface area contributed by atoms with Gasteiger partial charge >= 0.3 is 0 Å². The van der Waals surface area contributed by atoms with Gasteiger partial charge in [0.2, 0.25) is 11.8 Å². The van der Waals surface area contributed by atoms with Crippen LogP contribution in [0.15, 0.2) is 53.5 Å². The molecule has 1 unspecified atom stereocenters. The summed E-state index contributed by atoms with van der Waals surface area (Å²) in [5.74, 6) is -0.340.